The summed E-state index contributed by atoms with van der Waals surface area (Å²) in [6.07, 6.45) is 3.74. The molecule has 0 spiro atoms. The lowest BCUT2D eigenvalue weighted by atomic mass is 10.0. The highest BCUT2D eigenvalue weighted by Gasteiger charge is 2.28. The summed E-state index contributed by atoms with van der Waals surface area (Å²) in [5.74, 6) is 0.810. The maximum Gasteiger partial charge on any atom is 0.223 e. The van der Waals surface area contributed by atoms with Gasteiger partial charge in [0.15, 0.2) is 0 Å². The van der Waals surface area contributed by atoms with Gasteiger partial charge in [-0.1, -0.05) is 20.3 Å². The van der Waals surface area contributed by atoms with E-state index in [2.05, 4.69) is 32.6 Å². The Morgan fingerprint density at radius 1 is 1.29 bits per heavy atom. The molecule has 1 rings (SSSR count). The molecular weight excluding hydrogens is 214 g/mol. The van der Waals surface area contributed by atoms with Gasteiger partial charge in [-0.3, -0.25) is 4.79 Å². The van der Waals surface area contributed by atoms with E-state index in [-0.39, 0.29) is 0 Å². The Bertz CT molecular complexity index is 234. The third kappa shape index (κ3) is 4.30. The van der Waals surface area contributed by atoms with Crippen LogP contribution in [0.3, 0.4) is 0 Å². The predicted molar refractivity (Wildman–Crippen MR) is 69.9 cm³/mol. The Balaban J connectivity index is 2.60. The molecule has 0 radical (unpaired) electrons. The van der Waals surface area contributed by atoms with Crippen LogP contribution in [0, 0.1) is 5.92 Å². The molecule has 0 aliphatic carbocycles. The zero-order chi connectivity index (χ0) is 12.8. The Morgan fingerprint density at radius 2 is 1.88 bits per heavy atom. The second-order valence-electron chi connectivity index (χ2n) is 5.46. The van der Waals surface area contributed by atoms with E-state index in [1.54, 1.807) is 0 Å². The van der Waals surface area contributed by atoms with E-state index in [0.717, 1.165) is 32.5 Å². The highest BCUT2D eigenvalue weighted by molar-refractivity contribution is 5.77. The van der Waals surface area contributed by atoms with Crippen molar-refractivity contribution in [1.29, 1.82) is 0 Å². The summed E-state index contributed by atoms with van der Waals surface area (Å²) in [6.45, 7) is 10.1. The molecule has 1 unspecified atom stereocenters. The third-order valence-electron chi connectivity index (χ3n) is 3.65. The molecule has 0 N–H and O–H groups in total. The number of rotatable bonds is 5. The van der Waals surface area contributed by atoms with Crippen molar-refractivity contribution in [2.45, 2.75) is 65.5 Å². The number of carbonyl (C=O) groups is 1. The Kier molecular flexibility index (Phi) is 5.96. The van der Waals surface area contributed by atoms with Crippen molar-refractivity contribution in [2.75, 3.05) is 13.2 Å². The van der Waals surface area contributed by atoms with Gasteiger partial charge >= 0.3 is 0 Å². The van der Waals surface area contributed by atoms with Crippen molar-refractivity contribution in [3.8, 4) is 0 Å². The first-order valence-electron chi connectivity index (χ1n) is 6.95. The van der Waals surface area contributed by atoms with Crippen LogP contribution in [0.4, 0.5) is 0 Å². The van der Waals surface area contributed by atoms with Gasteiger partial charge in [-0.25, -0.2) is 0 Å². The zero-order valence-corrected chi connectivity index (χ0v) is 11.7. The number of carbonyl (C=O) groups excluding carboxylic acids is 1. The Morgan fingerprint density at radius 3 is 2.35 bits per heavy atom. The van der Waals surface area contributed by atoms with Crippen molar-refractivity contribution in [1.82, 2.24) is 4.90 Å². The van der Waals surface area contributed by atoms with E-state index in [4.69, 9.17) is 4.74 Å². The standard InChI is InChI=1S/C14H27NO2/c1-5-12(4)10-14(16)15(11(2)3)13-6-8-17-9-7-13/h11-13H,5-10H2,1-4H3. The van der Waals surface area contributed by atoms with Crippen molar-refractivity contribution >= 4 is 5.91 Å². The van der Waals surface area contributed by atoms with Crippen LogP contribution in [-0.4, -0.2) is 36.1 Å². The van der Waals surface area contributed by atoms with Crippen LogP contribution in [0.15, 0.2) is 0 Å². The van der Waals surface area contributed by atoms with Crippen LogP contribution in [0.25, 0.3) is 0 Å². The lowest BCUT2D eigenvalue weighted by Gasteiger charge is -2.37. The molecule has 0 aromatic rings. The largest absolute Gasteiger partial charge is 0.381 e. The summed E-state index contributed by atoms with van der Waals surface area (Å²) in [5, 5.41) is 0. The first-order chi connectivity index (χ1) is 8.06. The summed E-state index contributed by atoms with van der Waals surface area (Å²) < 4.78 is 5.37. The van der Waals surface area contributed by atoms with Gasteiger partial charge in [0.05, 0.1) is 0 Å². The van der Waals surface area contributed by atoms with Gasteiger partial charge < -0.3 is 9.64 Å². The number of hydrogen-bond donors (Lipinski definition) is 0. The smallest absolute Gasteiger partial charge is 0.223 e. The lowest BCUT2D eigenvalue weighted by molar-refractivity contribution is -0.138. The van der Waals surface area contributed by atoms with Crippen molar-refractivity contribution in [2.24, 2.45) is 5.92 Å². The fourth-order valence-corrected chi connectivity index (χ4v) is 2.42. The van der Waals surface area contributed by atoms with Crippen molar-refractivity contribution in [3.63, 3.8) is 0 Å². The van der Waals surface area contributed by atoms with Gasteiger partial charge in [-0.05, 0) is 32.6 Å². The molecule has 0 saturated carbocycles. The molecule has 1 aliphatic rings. The molecule has 1 saturated heterocycles. The third-order valence-corrected chi connectivity index (χ3v) is 3.65. The van der Waals surface area contributed by atoms with Crippen LogP contribution >= 0.6 is 0 Å². The normalized spacial score (nSPS) is 19.4. The molecule has 1 atom stereocenters. The van der Waals surface area contributed by atoms with Gasteiger partial charge in [-0.15, -0.1) is 0 Å². The topological polar surface area (TPSA) is 29.5 Å². The average molecular weight is 241 g/mol. The highest BCUT2D eigenvalue weighted by atomic mass is 16.5. The van der Waals surface area contributed by atoms with Crippen molar-refractivity contribution < 1.29 is 9.53 Å². The van der Waals surface area contributed by atoms with Gasteiger partial charge in [-0.2, -0.15) is 0 Å². The quantitative estimate of drug-likeness (QED) is 0.740. The number of hydrogen-bond acceptors (Lipinski definition) is 2. The van der Waals surface area contributed by atoms with Crippen molar-refractivity contribution in [3.05, 3.63) is 0 Å². The summed E-state index contributed by atoms with van der Waals surface area (Å²) in [6, 6.07) is 0.690. The highest BCUT2D eigenvalue weighted by Crippen LogP contribution is 2.20. The monoisotopic (exact) mass is 241 g/mol. The fraction of sp³-hybridized carbons (Fsp3) is 0.929. The minimum Gasteiger partial charge on any atom is -0.381 e. The minimum absolute atomic E-state index is 0.301. The first kappa shape index (κ1) is 14.5. The lowest BCUT2D eigenvalue weighted by Crippen LogP contribution is -2.47. The zero-order valence-electron chi connectivity index (χ0n) is 11.7. The van der Waals surface area contributed by atoms with E-state index in [0.29, 0.717) is 30.3 Å². The van der Waals surface area contributed by atoms with Crippen LogP contribution in [-0.2, 0) is 9.53 Å². The van der Waals surface area contributed by atoms with Gasteiger partial charge in [0.2, 0.25) is 5.91 Å². The van der Waals surface area contributed by atoms with Gasteiger partial charge in [0.1, 0.15) is 0 Å². The van der Waals surface area contributed by atoms with Crippen LogP contribution in [0.2, 0.25) is 0 Å². The van der Waals surface area contributed by atoms with Gasteiger partial charge in [0, 0.05) is 31.7 Å². The summed E-state index contributed by atoms with van der Waals surface area (Å²) >= 11 is 0. The Labute approximate surface area is 106 Å². The molecular formula is C14H27NO2. The molecule has 100 valence electrons. The second-order valence-corrected chi connectivity index (χ2v) is 5.46. The molecule has 1 fully saturated rings. The molecule has 17 heavy (non-hydrogen) atoms. The second kappa shape index (κ2) is 7.00. The molecule has 0 bridgehead atoms. The maximum absolute atomic E-state index is 12.3. The maximum atomic E-state index is 12.3. The van der Waals surface area contributed by atoms with Crippen LogP contribution in [0.5, 0.6) is 0 Å². The van der Waals surface area contributed by atoms with E-state index >= 15 is 0 Å². The summed E-state index contributed by atoms with van der Waals surface area (Å²) in [4.78, 5) is 14.4. The van der Waals surface area contributed by atoms with E-state index in [1.165, 1.54) is 0 Å². The molecule has 3 heteroatoms. The van der Waals surface area contributed by atoms with Crippen LogP contribution in [0.1, 0.15) is 53.4 Å². The minimum atomic E-state index is 0.301. The van der Waals surface area contributed by atoms with E-state index in [1.807, 2.05) is 0 Å². The number of nitrogens with zero attached hydrogens (tertiary/aromatic N) is 1. The molecule has 1 amide bonds. The molecule has 1 aliphatic heterocycles. The van der Waals surface area contributed by atoms with E-state index < -0.39 is 0 Å². The number of ether oxygens (including phenoxy) is 1. The number of amides is 1. The Hall–Kier alpha value is -0.570. The van der Waals surface area contributed by atoms with E-state index in [9.17, 15) is 4.79 Å². The van der Waals surface area contributed by atoms with Gasteiger partial charge in [0.25, 0.3) is 0 Å². The summed E-state index contributed by atoms with van der Waals surface area (Å²) in [7, 11) is 0. The molecule has 0 aromatic carbocycles. The summed E-state index contributed by atoms with van der Waals surface area (Å²) in [5.41, 5.74) is 0. The molecule has 0 aromatic heterocycles. The first-order valence-corrected chi connectivity index (χ1v) is 6.95. The predicted octanol–water partition coefficient (Wildman–Crippen LogP) is 2.84. The average Bonchev–Trinajstić information content (AvgIpc) is 2.29. The molecule has 3 nitrogen and oxygen atoms in total. The fourth-order valence-electron chi connectivity index (χ4n) is 2.42. The molecule has 1 heterocycles. The SMILES string of the molecule is CCC(C)CC(=O)N(C(C)C)C1CCOCC1. The van der Waals surface area contributed by atoms with Crippen LogP contribution < -0.4 is 0 Å².